The Morgan fingerprint density at radius 2 is 1.83 bits per heavy atom. The largest absolute Gasteiger partial charge is 0.354 e. The van der Waals surface area contributed by atoms with Crippen molar-refractivity contribution in [2.45, 2.75) is 47.5 Å². The number of aryl methyl sites for hydroxylation is 4. The molecule has 0 aliphatic heterocycles. The number of nitrogens with one attached hydrogen (secondary N) is 2. The van der Waals surface area contributed by atoms with E-state index in [9.17, 15) is 9.59 Å². The van der Waals surface area contributed by atoms with E-state index in [0.717, 1.165) is 24.1 Å². The predicted octanol–water partition coefficient (Wildman–Crippen LogP) is 3.81. The monoisotopic (exact) mass is 326 g/mol. The molecule has 0 radical (unpaired) electrons. The summed E-state index contributed by atoms with van der Waals surface area (Å²) in [5.74, 6) is -0.168. The average Bonchev–Trinajstić information content (AvgIpc) is 2.80. The quantitative estimate of drug-likeness (QED) is 0.626. The van der Waals surface area contributed by atoms with Gasteiger partial charge in [0.2, 0.25) is 0 Å². The zero-order chi connectivity index (χ0) is 17.9. The van der Waals surface area contributed by atoms with Crippen LogP contribution >= 0.6 is 0 Å². The van der Waals surface area contributed by atoms with Crippen LogP contribution in [0.4, 0.5) is 0 Å². The van der Waals surface area contributed by atoms with Crippen LogP contribution in [0, 0.1) is 27.7 Å². The standard InChI is InChI=1S/C20H26N2O2/c1-12-8-9-17(13(2)11-12)7-6-10-21-20(24)19-14(3)18(16(5)23)15(4)22-19/h8-9,11,22H,6-7,10H2,1-5H3,(H,21,24). The molecule has 128 valence electrons. The van der Waals surface area contributed by atoms with Gasteiger partial charge in [-0.1, -0.05) is 23.8 Å². The molecule has 1 aromatic carbocycles. The van der Waals surface area contributed by atoms with Gasteiger partial charge in [-0.3, -0.25) is 9.59 Å². The lowest BCUT2D eigenvalue weighted by atomic mass is 10.0. The number of ketones is 1. The van der Waals surface area contributed by atoms with E-state index in [2.05, 4.69) is 42.3 Å². The first-order chi connectivity index (χ1) is 11.3. The number of hydrogen-bond acceptors (Lipinski definition) is 2. The molecule has 0 saturated heterocycles. The van der Waals surface area contributed by atoms with Gasteiger partial charge in [0.15, 0.2) is 5.78 Å². The topological polar surface area (TPSA) is 62.0 Å². The van der Waals surface area contributed by atoms with Gasteiger partial charge >= 0.3 is 0 Å². The van der Waals surface area contributed by atoms with Crippen molar-refractivity contribution in [1.82, 2.24) is 10.3 Å². The first-order valence-corrected chi connectivity index (χ1v) is 8.35. The summed E-state index contributed by atoms with van der Waals surface area (Å²) in [5, 5.41) is 2.94. The molecule has 0 unspecified atom stereocenters. The minimum absolute atomic E-state index is 0.0184. The van der Waals surface area contributed by atoms with Crippen LogP contribution in [0.15, 0.2) is 18.2 Å². The molecule has 1 heterocycles. The maximum atomic E-state index is 12.3. The van der Waals surface area contributed by atoms with E-state index in [0.29, 0.717) is 17.8 Å². The molecule has 4 heteroatoms. The van der Waals surface area contributed by atoms with Gasteiger partial charge in [0.05, 0.1) is 0 Å². The Morgan fingerprint density at radius 3 is 2.42 bits per heavy atom. The Hall–Kier alpha value is -2.36. The molecule has 0 saturated carbocycles. The summed E-state index contributed by atoms with van der Waals surface area (Å²) in [7, 11) is 0. The summed E-state index contributed by atoms with van der Waals surface area (Å²) in [6.07, 6.45) is 1.82. The number of carbonyl (C=O) groups is 2. The summed E-state index contributed by atoms with van der Waals surface area (Å²) >= 11 is 0. The molecule has 0 bridgehead atoms. The lowest BCUT2D eigenvalue weighted by Gasteiger charge is -2.08. The van der Waals surface area contributed by atoms with E-state index in [1.807, 2.05) is 13.8 Å². The van der Waals surface area contributed by atoms with Gasteiger partial charge in [0.25, 0.3) is 5.91 Å². The third-order valence-corrected chi connectivity index (χ3v) is 4.42. The Kier molecular flexibility index (Phi) is 5.60. The molecular formula is C20H26N2O2. The number of amides is 1. The van der Waals surface area contributed by atoms with E-state index in [-0.39, 0.29) is 11.7 Å². The second kappa shape index (κ2) is 7.47. The van der Waals surface area contributed by atoms with Gasteiger partial charge in [-0.2, -0.15) is 0 Å². The van der Waals surface area contributed by atoms with Crippen LogP contribution in [0.25, 0.3) is 0 Å². The molecule has 0 fully saturated rings. The number of aromatic amines is 1. The van der Waals surface area contributed by atoms with Gasteiger partial charge < -0.3 is 10.3 Å². The Balaban J connectivity index is 1.92. The molecule has 1 aromatic heterocycles. The third-order valence-electron chi connectivity index (χ3n) is 4.42. The van der Waals surface area contributed by atoms with Crippen LogP contribution in [0.2, 0.25) is 0 Å². The van der Waals surface area contributed by atoms with E-state index >= 15 is 0 Å². The van der Waals surface area contributed by atoms with Crippen LogP contribution < -0.4 is 5.32 Å². The lowest BCUT2D eigenvalue weighted by molar-refractivity contribution is 0.0948. The fourth-order valence-electron chi connectivity index (χ4n) is 3.20. The average molecular weight is 326 g/mol. The van der Waals surface area contributed by atoms with Crippen molar-refractivity contribution < 1.29 is 9.59 Å². The highest BCUT2D eigenvalue weighted by atomic mass is 16.2. The fourth-order valence-corrected chi connectivity index (χ4v) is 3.20. The Labute approximate surface area is 143 Å². The normalized spacial score (nSPS) is 10.7. The molecule has 2 aromatic rings. The van der Waals surface area contributed by atoms with Crippen LogP contribution in [-0.2, 0) is 6.42 Å². The Morgan fingerprint density at radius 1 is 1.12 bits per heavy atom. The van der Waals surface area contributed by atoms with Gasteiger partial charge in [-0.05, 0) is 64.2 Å². The highest BCUT2D eigenvalue weighted by molar-refractivity contribution is 6.02. The number of hydrogen-bond donors (Lipinski definition) is 2. The number of carbonyl (C=O) groups excluding carboxylic acids is 2. The van der Waals surface area contributed by atoms with Crippen molar-refractivity contribution in [2.24, 2.45) is 0 Å². The number of benzene rings is 1. The van der Waals surface area contributed by atoms with Crippen molar-refractivity contribution in [3.8, 4) is 0 Å². The molecular weight excluding hydrogens is 300 g/mol. The van der Waals surface area contributed by atoms with Crippen LogP contribution in [-0.4, -0.2) is 23.2 Å². The third kappa shape index (κ3) is 3.94. The first-order valence-electron chi connectivity index (χ1n) is 8.35. The smallest absolute Gasteiger partial charge is 0.268 e. The Bertz CT molecular complexity index is 772. The lowest BCUT2D eigenvalue weighted by Crippen LogP contribution is -2.26. The van der Waals surface area contributed by atoms with Crippen molar-refractivity contribution >= 4 is 11.7 Å². The summed E-state index contributed by atoms with van der Waals surface area (Å²) in [6.45, 7) is 9.97. The summed E-state index contributed by atoms with van der Waals surface area (Å²) in [5.41, 5.74) is 6.47. The summed E-state index contributed by atoms with van der Waals surface area (Å²) in [6, 6.07) is 6.46. The maximum absolute atomic E-state index is 12.3. The van der Waals surface area contributed by atoms with Crippen molar-refractivity contribution in [1.29, 1.82) is 0 Å². The van der Waals surface area contributed by atoms with Gasteiger partial charge in [-0.15, -0.1) is 0 Å². The minimum atomic E-state index is -0.149. The molecule has 2 N–H and O–H groups in total. The molecule has 0 aliphatic carbocycles. The van der Waals surface area contributed by atoms with E-state index in [1.54, 1.807) is 0 Å². The second-order valence-corrected chi connectivity index (χ2v) is 6.47. The first kappa shape index (κ1) is 18.0. The van der Waals surface area contributed by atoms with E-state index < -0.39 is 0 Å². The summed E-state index contributed by atoms with van der Waals surface area (Å²) in [4.78, 5) is 27.0. The zero-order valence-electron chi connectivity index (χ0n) is 15.2. The summed E-state index contributed by atoms with van der Waals surface area (Å²) < 4.78 is 0. The van der Waals surface area contributed by atoms with Gasteiger partial charge in [-0.25, -0.2) is 0 Å². The second-order valence-electron chi connectivity index (χ2n) is 6.47. The van der Waals surface area contributed by atoms with Crippen LogP contribution in [0.1, 0.15) is 62.1 Å². The minimum Gasteiger partial charge on any atom is -0.354 e. The molecule has 0 spiro atoms. The number of H-pyrrole nitrogens is 1. The molecule has 24 heavy (non-hydrogen) atoms. The number of aromatic nitrogens is 1. The maximum Gasteiger partial charge on any atom is 0.268 e. The zero-order valence-corrected chi connectivity index (χ0v) is 15.2. The van der Waals surface area contributed by atoms with Crippen molar-refractivity contribution in [3.63, 3.8) is 0 Å². The fraction of sp³-hybridized carbons (Fsp3) is 0.400. The number of rotatable bonds is 6. The van der Waals surface area contributed by atoms with Crippen LogP contribution in [0.3, 0.4) is 0 Å². The molecule has 2 rings (SSSR count). The molecule has 1 amide bonds. The highest BCUT2D eigenvalue weighted by Crippen LogP contribution is 2.18. The van der Waals surface area contributed by atoms with Crippen LogP contribution in [0.5, 0.6) is 0 Å². The van der Waals surface area contributed by atoms with Gasteiger partial charge in [0, 0.05) is 17.8 Å². The van der Waals surface area contributed by atoms with Crippen molar-refractivity contribution in [3.05, 3.63) is 57.4 Å². The molecule has 4 nitrogen and oxygen atoms in total. The van der Waals surface area contributed by atoms with E-state index in [4.69, 9.17) is 0 Å². The molecule has 0 atom stereocenters. The highest BCUT2D eigenvalue weighted by Gasteiger charge is 2.19. The van der Waals surface area contributed by atoms with Gasteiger partial charge in [0.1, 0.15) is 5.69 Å². The van der Waals surface area contributed by atoms with Crippen molar-refractivity contribution in [2.75, 3.05) is 6.54 Å². The number of Topliss-reactive ketones (excluding diaryl/α,β-unsaturated/α-hetero) is 1. The van der Waals surface area contributed by atoms with E-state index in [1.165, 1.54) is 23.6 Å². The predicted molar refractivity (Wildman–Crippen MR) is 96.8 cm³/mol. The molecule has 0 aliphatic rings. The SMILES string of the molecule is CC(=O)c1c(C)[nH]c(C(=O)NCCCc2ccc(C)cc2C)c1C.